The van der Waals surface area contributed by atoms with Gasteiger partial charge in [-0.25, -0.2) is 0 Å². The smallest absolute Gasteiger partial charge is 0.310 e. The van der Waals surface area contributed by atoms with Crippen molar-refractivity contribution in [3.8, 4) is 0 Å². The number of nitrogens with one attached hydrogen (secondary N) is 1. The highest BCUT2D eigenvalue weighted by molar-refractivity contribution is 5.87. The molecule has 1 amide bonds. The molecule has 0 aliphatic heterocycles. The average molecular weight is 171 g/mol. The molecule has 0 aromatic rings. The molecular weight excluding hydrogens is 158 g/mol. The van der Waals surface area contributed by atoms with Gasteiger partial charge in [0.05, 0.1) is 5.41 Å². The Labute approximate surface area is 71.3 Å². The minimum atomic E-state index is -0.938. The highest BCUT2D eigenvalue weighted by atomic mass is 16.4. The number of carbonyl (C=O) groups excluding carboxylic acids is 1. The molecule has 4 heteroatoms. The van der Waals surface area contributed by atoms with E-state index >= 15 is 0 Å². The number of rotatable bonds is 4. The van der Waals surface area contributed by atoms with Crippen LogP contribution >= 0.6 is 0 Å². The standard InChI is InChI=1S/C8H13NO3/c1-4-6(10)9-5-8(2,3)7(11)12/h4H,1,5H2,2-3H3,(H,9,10)(H,11,12). The van der Waals surface area contributed by atoms with Crippen LogP contribution in [-0.2, 0) is 9.59 Å². The van der Waals surface area contributed by atoms with Crippen molar-refractivity contribution >= 4 is 11.9 Å². The fourth-order valence-corrected chi connectivity index (χ4v) is 0.456. The lowest BCUT2D eigenvalue weighted by Crippen LogP contribution is -2.38. The summed E-state index contributed by atoms with van der Waals surface area (Å²) in [6.45, 7) is 6.43. The summed E-state index contributed by atoms with van der Waals surface area (Å²) in [5.41, 5.74) is -0.932. The van der Waals surface area contributed by atoms with Crippen molar-refractivity contribution in [1.82, 2.24) is 5.32 Å². The zero-order valence-electron chi connectivity index (χ0n) is 7.26. The van der Waals surface area contributed by atoms with E-state index in [4.69, 9.17) is 5.11 Å². The molecule has 68 valence electrons. The van der Waals surface area contributed by atoms with Gasteiger partial charge in [0.25, 0.3) is 0 Å². The Bertz CT molecular complexity index is 208. The second-order valence-electron chi connectivity index (χ2n) is 3.11. The van der Waals surface area contributed by atoms with Crippen LogP contribution in [-0.4, -0.2) is 23.5 Å². The van der Waals surface area contributed by atoms with E-state index in [0.717, 1.165) is 6.08 Å². The molecule has 0 bridgehead atoms. The van der Waals surface area contributed by atoms with Gasteiger partial charge in [-0.3, -0.25) is 9.59 Å². The molecule has 0 saturated heterocycles. The first kappa shape index (κ1) is 10.7. The molecule has 0 fully saturated rings. The summed E-state index contributed by atoms with van der Waals surface area (Å²) in [6.07, 6.45) is 1.11. The van der Waals surface area contributed by atoms with Crippen LogP contribution in [0.5, 0.6) is 0 Å². The molecule has 2 N–H and O–H groups in total. The largest absolute Gasteiger partial charge is 0.481 e. The van der Waals surface area contributed by atoms with Crippen LogP contribution in [0.25, 0.3) is 0 Å². The van der Waals surface area contributed by atoms with Crippen LogP contribution in [0.3, 0.4) is 0 Å². The maximum atomic E-state index is 10.7. The summed E-state index contributed by atoms with van der Waals surface area (Å²) >= 11 is 0. The molecule has 0 aromatic heterocycles. The second-order valence-corrected chi connectivity index (χ2v) is 3.11. The van der Waals surface area contributed by atoms with Gasteiger partial charge in [-0.15, -0.1) is 0 Å². The van der Waals surface area contributed by atoms with Gasteiger partial charge in [0, 0.05) is 6.54 Å². The van der Waals surface area contributed by atoms with Gasteiger partial charge in [0.2, 0.25) is 5.91 Å². The maximum Gasteiger partial charge on any atom is 0.310 e. The van der Waals surface area contributed by atoms with Gasteiger partial charge in [-0.05, 0) is 19.9 Å². The molecule has 4 nitrogen and oxygen atoms in total. The molecule has 0 rings (SSSR count). The van der Waals surface area contributed by atoms with Gasteiger partial charge in [-0.1, -0.05) is 6.58 Å². The maximum absolute atomic E-state index is 10.7. The van der Waals surface area contributed by atoms with Crippen LogP contribution in [0.4, 0.5) is 0 Å². The van der Waals surface area contributed by atoms with Crippen LogP contribution in [0, 0.1) is 5.41 Å². The number of carboxylic acid groups (broad SMARTS) is 1. The Morgan fingerprint density at radius 2 is 2.08 bits per heavy atom. The molecule has 0 radical (unpaired) electrons. The zero-order chi connectivity index (χ0) is 9.78. The number of aliphatic carboxylic acids is 1. The monoisotopic (exact) mass is 171 g/mol. The fraction of sp³-hybridized carbons (Fsp3) is 0.500. The van der Waals surface area contributed by atoms with Crippen LogP contribution in [0.2, 0.25) is 0 Å². The summed E-state index contributed by atoms with van der Waals surface area (Å²) in [6, 6.07) is 0. The quantitative estimate of drug-likeness (QED) is 0.602. The average Bonchev–Trinajstić information content (AvgIpc) is 2.00. The van der Waals surface area contributed by atoms with Crippen molar-refractivity contribution in [2.24, 2.45) is 5.41 Å². The molecule has 0 atom stereocenters. The normalized spacial score (nSPS) is 10.5. The summed E-state index contributed by atoms with van der Waals surface area (Å²) in [4.78, 5) is 21.2. The predicted molar refractivity (Wildman–Crippen MR) is 44.6 cm³/mol. The van der Waals surface area contributed by atoms with Gasteiger partial charge in [0.15, 0.2) is 0 Å². The van der Waals surface area contributed by atoms with E-state index in [1.165, 1.54) is 0 Å². The number of hydrogen-bond donors (Lipinski definition) is 2. The Kier molecular flexibility index (Phi) is 3.47. The first-order valence-electron chi connectivity index (χ1n) is 3.54. The van der Waals surface area contributed by atoms with Crippen molar-refractivity contribution in [2.75, 3.05) is 6.54 Å². The first-order valence-corrected chi connectivity index (χ1v) is 3.54. The Hall–Kier alpha value is -1.32. The van der Waals surface area contributed by atoms with Crippen molar-refractivity contribution in [1.29, 1.82) is 0 Å². The van der Waals surface area contributed by atoms with Crippen molar-refractivity contribution < 1.29 is 14.7 Å². The fourth-order valence-electron chi connectivity index (χ4n) is 0.456. The van der Waals surface area contributed by atoms with Crippen LogP contribution < -0.4 is 5.32 Å². The number of hydrogen-bond acceptors (Lipinski definition) is 2. The van der Waals surface area contributed by atoms with Crippen molar-refractivity contribution in [2.45, 2.75) is 13.8 Å². The van der Waals surface area contributed by atoms with E-state index in [1.54, 1.807) is 13.8 Å². The first-order chi connectivity index (χ1) is 5.40. The lowest BCUT2D eigenvalue weighted by atomic mass is 9.94. The van der Waals surface area contributed by atoms with Crippen LogP contribution in [0.1, 0.15) is 13.8 Å². The molecule has 0 aliphatic carbocycles. The third-order valence-corrected chi connectivity index (χ3v) is 1.47. The second kappa shape index (κ2) is 3.90. The minimum absolute atomic E-state index is 0.104. The summed E-state index contributed by atoms with van der Waals surface area (Å²) in [5.74, 6) is -1.30. The topological polar surface area (TPSA) is 66.4 Å². The number of carbonyl (C=O) groups is 2. The van der Waals surface area contributed by atoms with Crippen molar-refractivity contribution in [3.05, 3.63) is 12.7 Å². The lowest BCUT2D eigenvalue weighted by Gasteiger charge is -2.18. The minimum Gasteiger partial charge on any atom is -0.481 e. The number of carboxylic acids is 1. The van der Waals surface area contributed by atoms with Gasteiger partial charge in [-0.2, -0.15) is 0 Å². The van der Waals surface area contributed by atoms with E-state index in [2.05, 4.69) is 11.9 Å². The van der Waals surface area contributed by atoms with E-state index in [9.17, 15) is 9.59 Å². The lowest BCUT2D eigenvalue weighted by molar-refractivity contribution is -0.146. The van der Waals surface area contributed by atoms with Gasteiger partial charge in [0.1, 0.15) is 0 Å². The van der Waals surface area contributed by atoms with Gasteiger partial charge >= 0.3 is 5.97 Å². The van der Waals surface area contributed by atoms with Crippen molar-refractivity contribution in [3.63, 3.8) is 0 Å². The van der Waals surface area contributed by atoms with E-state index < -0.39 is 11.4 Å². The zero-order valence-corrected chi connectivity index (χ0v) is 7.26. The molecule has 0 saturated carbocycles. The molecule has 0 aliphatic rings. The van der Waals surface area contributed by atoms with E-state index in [-0.39, 0.29) is 12.5 Å². The molecule has 12 heavy (non-hydrogen) atoms. The third kappa shape index (κ3) is 3.18. The Morgan fingerprint density at radius 1 is 1.58 bits per heavy atom. The predicted octanol–water partition coefficient (Wildman–Crippen LogP) is 0.399. The molecule has 0 spiro atoms. The molecule has 0 heterocycles. The van der Waals surface area contributed by atoms with Crippen LogP contribution in [0.15, 0.2) is 12.7 Å². The number of amides is 1. The van der Waals surface area contributed by atoms with E-state index in [1.807, 2.05) is 0 Å². The summed E-state index contributed by atoms with van der Waals surface area (Å²) < 4.78 is 0. The SMILES string of the molecule is C=CC(=O)NCC(C)(C)C(=O)O. The Morgan fingerprint density at radius 3 is 2.42 bits per heavy atom. The highest BCUT2D eigenvalue weighted by Crippen LogP contribution is 2.12. The molecule has 0 unspecified atom stereocenters. The summed E-state index contributed by atoms with van der Waals surface area (Å²) in [5, 5.41) is 11.1. The summed E-state index contributed by atoms with van der Waals surface area (Å²) in [7, 11) is 0. The Balaban J connectivity index is 4.00. The molecular formula is C8H13NO3. The molecule has 0 aromatic carbocycles. The highest BCUT2D eigenvalue weighted by Gasteiger charge is 2.26. The van der Waals surface area contributed by atoms with E-state index in [0.29, 0.717) is 0 Å². The van der Waals surface area contributed by atoms with Gasteiger partial charge < -0.3 is 10.4 Å². The third-order valence-electron chi connectivity index (χ3n) is 1.47.